The number of halogens is 1. The van der Waals surface area contributed by atoms with Gasteiger partial charge in [0.1, 0.15) is 0 Å². The zero-order chi connectivity index (χ0) is 15.9. The molecular weight excluding hydrogens is 312 g/mol. The number of hydrogen-bond donors (Lipinski definition) is 2. The van der Waals surface area contributed by atoms with Gasteiger partial charge in [0.25, 0.3) is 0 Å². The molecule has 1 aliphatic rings. The van der Waals surface area contributed by atoms with Crippen molar-refractivity contribution in [2.24, 2.45) is 0 Å². The average molecular weight is 341 g/mol. The van der Waals surface area contributed by atoms with Crippen molar-refractivity contribution in [3.63, 3.8) is 0 Å². The second kappa shape index (κ2) is 9.91. The third kappa shape index (κ3) is 6.50. The van der Waals surface area contributed by atoms with Crippen LogP contribution >= 0.6 is 12.4 Å². The lowest BCUT2D eigenvalue weighted by atomic mass is 9.99. The Morgan fingerprint density at radius 3 is 2.43 bits per heavy atom. The van der Waals surface area contributed by atoms with Crippen LogP contribution in [0.3, 0.4) is 0 Å². The van der Waals surface area contributed by atoms with E-state index in [1.807, 2.05) is 6.92 Å². The molecule has 2 atom stereocenters. The number of carbonyl (C=O) groups is 1. The SMILES string of the molecule is CC(C)c1ccc(C(C)NC(=O)CNCC2CCCO2)cc1.Cl. The standard InChI is InChI=1S/C18H28N2O2.ClH/c1-13(2)15-6-8-16(9-7-15)14(3)20-18(21)12-19-11-17-5-4-10-22-17;/h6-9,13-14,17,19H,4-5,10-12H2,1-3H3,(H,20,21);1H. The van der Waals surface area contributed by atoms with E-state index >= 15 is 0 Å². The van der Waals surface area contributed by atoms with Crippen LogP contribution < -0.4 is 10.6 Å². The highest BCUT2D eigenvalue weighted by atomic mass is 35.5. The van der Waals surface area contributed by atoms with Crippen LogP contribution in [0.15, 0.2) is 24.3 Å². The molecule has 1 fully saturated rings. The fraction of sp³-hybridized carbons (Fsp3) is 0.611. The maximum absolute atomic E-state index is 12.0. The Morgan fingerprint density at radius 1 is 1.22 bits per heavy atom. The molecule has 1 aromatic carbocycles. The van der Waals surface area contributed by atoms with Gasteiger partial charge in [-0.25, -0.2) is 0 Å². The van der Waals surface area contributed by atoms with E-state index in [1.165, 1.54) is 5.56 Å². The topological polar surface area (TPSA) is 50.4 Å². The highest BCUT2D eigenvalue weighted by Crippen LogP contribution is 2.18. The Balaban J connectivity index is 0.00000264. The average Bonchev–Trinajstić information content (AvgIpc) is 3.00. The summed E-state index contributed by atoms with van der Waals surface area (Å²) in [5.41, 5.74) is 2.46. The van der Waals surface area contributed by atoms with Crippen LogP contribution in [-0.4, -0.2) is 31.7 Å². The van der Waals surface area contributed by atoms with E-state index in [0.717, 1.165) is 31.6 Å². The first-order valence-corrected chi connectivity index (χ1v) is 8.28. The van der Waals surface area contributed by atoms with Gasteiger partial charge in [0, 0.05) is 13.2 Å². The van der Waals surface area contributed by atoms with Crippen molar-refractivity contribution in [2.75, 3.05) is 19.7 Å². The monoisotopic (exact) mass is 340 g/mol. The predicted octanol–water partition coefficient (Wildman–Crippen LogP) is 3.18. The van der Waals surface area contributed by atoms with E-state index in [1.54, 1.807) is 0 Å². The molecular formula is C18H29ClN2O2. The smallest absolute Gasteiger partial charge is 0.234 e. The summed E-state index contributed by atoms with van der Waals surface area (Å²) < 4.78 is 5.52. The maximum Gasteiger partial charge on any atom is 0.234 e. The highest BCUT2D eigenvalue weighted by molar-refractivity contribution is 5.85. The minimum absolute atomic E-state index is 0. The van der Waals surface area contributed by atoms with Crippen LogP contribution in [-0.2, 0) is 9.53 Å². The summed E-state index contributed by atoms with van der Waals surface area (Å²) in [5, 5.41) is 6.20. The van der Waals surface area contributed by atoms with E-state index in [-0.39, 0.29) is 30.5 Å². The minimum atomic E-state index is 0. The molecule has 0 radical (unpaired) electrons. The van der Waals surface area contributed by atoms with Crippen molar-refractivity contribution in [1.29, 1.82) is 0 Å². The highest BCUT2D eigenvalue weighted by Gasteiger charge is 2.15. The summed E-state index contributed by atoms with van der Waals surface area (Å²) >= 11 is 0. The second-order valence-corrected chi connectivity index (χ2v) is 6.38. The molecule has 0 aliphatic carbocycles. The van der Waals surface area contributed by atoms with Crippen LogP contribution in [0.5, 0.6) is 0 Å². The quantitative estimate of drug-likeness (QED) is 0.801. The van der Waals surface area contributed by atoms with Gasteiger partial charge in [-0.2, -0.15) is 0 Å². The van der Waals surface area contributed by atoms with Gasteiger partial charge in [0.2, 0.25) is 5.91 Å². The summed E-state index contributed by atoms with van der Waals surface area (Å²) in [6, 6.07) is 8.50. The number of rotatable bonds is 7. The third-order valence-corrected chi connectivity index (χ3v) is 4.16. The molecule has 1 heterocycles. The van der Waals surface area contributed by atoms with Crippen LogP contribution in [0.1, 0.15) is 56.7 Å². The summed E-state index contributed by atoms with van der Waals surface area (Å²) in [6.45, 7) is 8.32. The largest absolute Gasteiger partial charge is 0.377 e. The molecule has 0 bridgehead atoms. The minimum Gasteiger partial charge on any atom is -0.377 e. The van der Waals surface area contributed by atoms with Crippen molar-refractivity contribution >= 4 is 18.3 Å². The molecule has 2 N–H and O–H groups in total. The van der Waals surface area contributed by atoms with Gasteiger partial charge in [-0.05, 0) is 36.8 Å². The van der Waals surface area contributed by atoms with Gasteiger partial charge in [-0.15, -0.1) is 12.4 Å². The molecule has 2 unspecified atom stereocenters. The normalized spacial score (nSPS) is 18.5. The number of ether oxygens (including phenoxy) is 1. The zero-order valence-electron chi connectivity index (χ0n) is 14.3. The Hall–Kier alpha value is -1.10. The molecule has 4 nitrogen and oxygen atoms in total. The van der Waals surface area contributed by atoms with Crippen LogP contribution in [0.25, 0.3) is 0 Å². The molecule has 1 aromatic rings. The molecule has 0 saturated carbocycles. The van der Waals surface area contributed by atoms with Crippen molar-refractivity contribution in [2.45, 2.75) is 51.7 Å². The maximum atomic E-state index is 12.0. The van der Waals surface area contributed by atoms with Crippen LogP contribution in [0, 0.1) is 0 Å². The first kappa shape index (κ1) is 19.9. The second-order valence-electron chi connectivity index (χ2n) is 6.38. The van der Waals surface area contributed by atoms with Crippen LogP contribution in [0.2, 0.25) is 0 Å². The van der Waals surface area contributed by atoms with Gasteiger partial charge in [-0.3, -0.25) is 4.79 Å². The number of benzene rings is 1. The summed E-state index contributed by atoms with van der Waals surface area (Å²) in [4.78, 5) is 12.0. The molecule has 2 rings (SSSR count). The Kier molecular flexibility index (Phi) is 8.59. The summed E-state index contributed by atoms with van der Waals surface area (Å²) in [5.74, 6) is 0.555. The number of hydrogen-bond acceptors (Lipinski definition) is 3. The van der Waals surface area contributed by atoms with Crippen molar-refractivity contribution in [3.8, 4) is 0 Å². The molecule has 1 saturated heterocycles. The van der Waals surface area contributed by atoms with Gasteiger partial charge >= 0.3 is 0 Å². The van der Waals surface area contributed by atoms with Gasteiger partial charge in [0.05, 0.1) is 18.7 Å². The molecule has 1 amide bonds. The Bertz CT molecular complexity index is 470. The van der Waals surface area contributed by atoms with Gasteiger partial charge in [0.15, 0.2) is 0 Å². The molecule has 1 aliphatic heterocycles. The number of carbonyl (C=O) groups excluding carboxylic acids is 1. The molecule has 130 valence electrons. The van der Waals surface area contributed by atoms with Gasteiger partial charge in [-0.1, -0.05) is 38.1 Å². The van der Waals surface area contributed by atoms with Crippen molar-refractivity contribution < 1.29 is 9.53 Å². The van der Waals surface area contributed by atoms with Gasteiger partial charge < -0.3 is 15.4 Å². The van der Waals surface area contributed by atoms with E-state index in [2.05, 4.69) is 48.7 Å². The lowest BCUT2D eigenvalue weighted by Gasteiger charge is -2.16. The Labute approximate surface area is 145 Å². The molecule has 0 aromatic heterocycles. The fourth-order valence-electron chi connectivity index (χ4n) is 2.70. The fourth-order valence-corrected chi connectivity index (χ4v) is 2.70. The predicted molar refractivity (Wildman–Crippen MR) is 96.2 cm³/mol. The molecule has 0 spiro atoms. The number of nitrogens with one attached hydrogen (secondary N) is 2. The van der Waals surface area contributed by atoms with E-state index in [9.17, 15) is 4.79 Å². The van der Waals surface area contributed by atoms with E-state index in [4.69, 9.17) is 4.74 Å². The van der Waals surface area contributed by atoms with E-state index < -0.39 is 0 Å². The first-order chi connectivity index (χ1) is 10.6. The lowest BCUT2D eigenvalue weighted by Crippen LogP contribution is -2.38. The Morgan fingerprint density at radius 2 is 1.87 bits per heavy atom. The lowest BCUT2D eigenvalue weighted by molar-refractivity contribution is -0.120. The summed E-state index contributed by atoms with van der Waals surface area (Å²) in [6.07, 6.45) is 2.49. The number of amides is 1. The van der Waals surface area contributed by atoms with E-state index in [0.29, 0.717) is 12.5 Å². The van der Waals surface area contributed by atoms with Crippen LogP contribution in [0.4, 0.5) is 0 Å². The first-order valence-electron chi connectivity index (χ1n) is 8.28. The van der Waals surface area contributed by atoms with Crippen molar-refractivity contribution in [3.05, 3.63) is 35.4 Å². The zero-order valence-corrected chi connectivity index (χ0v) is 15.1. The third-order valence-electron chi connectivity index (χ3n) is 4.16. The van der Waals surface area contributed by atoms with Crippen molar-refractivity contribution in [1.82, 2.24) is 10.6 Å². The molecule has 23 heavy (non-hydrogen) atoms. The summed E-state index contributed by atoms with van der Waals surface area (Å²) in [7, 11) is 0. The molecule has 5 heteroatoms.